The van der Waals surface area contributed by atoms with Gasteiger partial charge in [-0.05, 0) is 25.0 Å². The molecule has 1 aromatic carbocycles. The molecule has 0 aromatic heterocycles. The highest BCUT2D eigenvalue weighted by molar-refractivity contribution is 5.97. The zero-order valence-electron chi connectivity index (χ0n) is 12.0. The third-order valence-electron chi connectivity index (χ3n) is 3.60. The Morgan fingerprint density at radius 1 is 1.20 bits per heavy atom. The van der Waals surface area contributed by atoms with Gasteiger partial charge in [0, 0.05) is 25.2 Å². The minimum Gasteiger partial charge on any atom is -0.333 e. The first kappa shape index (κ1) is 14.6. The molecule has 4 heteroatoms. The zero-order valence-corrected chi connectivity index (χ0v) is 12.0. The predicted octanol–water partition coefficient (Wildman–Crippen LogP) is 2.44. The van der Waals surface area contributed by atoms with Crippen LogP contribution in [0.25, 0.3) is 0 Å². The number of carbonyl (C=O) groups is 2. The second-order valence-corrected chi connectivity index (χ2v) is 5.15. The van der Waals surface area contributed by atoms with Gasteiger partial charge in [-0.2, -0.15) is 0 Å². The minimum absolute atomic E-state index is 0.0125. The number of carbonyl (C=O) groups excluding carboxylic acids is 2. The van der Waals surface area contributed by atoms with E-state index in [9.17, 15) is 9.59 Å². The lowest BCUT2D eigenvalue weighted by molar-refractivity contribution is -0.134. The van der Waals surface area contributed by atoms with Gasteiger partial charge in [-0.3, -0.25) is 9.59 Å². The van der Waals surface area contributed by atoms with Crippen LogP contribution in [0.15, 0.2) is 30.3 Å². The molecule has 1 saturated heterocycles. The Labute approximate surface area is 120 Å². The minimum atomic E-state index is 0.0125. The fourth-order valence-electron chi connectivity index (χ4n) is 2.45. The topological polar surface area (TPSA) is 40.6 Å². The van der Waals surface area contributed by atoms with Crippen LogP contribution in [0.1, 0.15) is 32.6 Å². The summed E-state index contributed by atoms with van der Waals surface area (Å²) in [6.07, 6.45) is 3.28. The number of nitrogens with zero attached hydrogens (tertiary/aromatic N) is 2. The van der Waals surface area contributed by atoms with Crippen molar-refractivity contribution in [2.24, 2.45) is 0 Å². The largest absolute Gasteiger partial charge is 0.333 e. The summed E-state index contributed by atoms with van der Waals surface area (Å²) in [7, 11) is 0. The Morgan fingerprint density at radius 3 is 2.65 bits per heavy atom. The number of para-hydroxylation sites is 1. The van der Waals surface area contributed by atoms with E-state index in [0.29, 0.717) is 19.5 Å². The van der Waals surface area contributed by atoms with Crippen LogP contribution in [0.5, 0.6) is 0 Å². The summed E-state index contributed by atoms with van der Waals surface area (Å²) in [6.45, 7) is 3.63. The normalized spacial score (nSPS) is 16.1. The summed E-state index contributed by atoms with van der Waals surface area (Å²) < 4.78 is 0. The standard InChI is InChI=1S/C16H22N2O2/c1-2-3-10-15(19)17-11-7-12-18(16(20)13-17)14-8-5-4-6-9-14/h4-6,8-9H,2-3,7,10-13H2,1H3. The van der Waals surface area contributed by atoms with E-state index < -0.39 is 0 Å². The molecular weight excluding hydrogens is 252 g/mol. The van der Waals surface area contributed by atoms with E-state index in [0.717, 1.165) is 24.9 Å². The van der Waals surface area contributed by atoms with Crippen LogP contribution in [0.2, 0.25) is 0 Å². The summed E-state index contributed by atoms with van der Waals surface area (Å²) in [5.74, 6) is 0.119. The highest BCUT2D eigenvalue weighted by atomic mass is 16.2. The summed E-state index contributed by atoms with van der Waals surface area (Å²) >= 11 is 0. The van der Waals surface area contributed by atoms with Gasteiger partial charge in [0.15, 0.2) is 0 Å². The Kier molecular flexibility index (Phi) is 5.16. The second-order valence-electron chi connectivity index (χ2n) is 5.15. The number of amides is 2. The molecule has 0 radical (unpaired) electrons. The van der Waals surface area contributed by atoms with E-state index in [2.05, 4.69) is 6.92 Å². The van der Waals surface area contributed by atoms with Gasteiger partial charge >= 0.3 is 0 Å². The van der Waals surface area contributed by atoms with E-state index in [-0.39, 0.29) is 18.4 Å². The van der Waals surface area contributed by atoms with Crippen LogP contribution in [0.3, 0.4) is 0 Å². The molecule has 1 fully saturated rings. The maximum absolute atomic E-state index is 12.3. The van der Waals surface area contributed by atoms with Crippen molar-refractivity contribution in [1.82, 2.24) is 4.90 Å². The lowest BCUT2D eigenvalue weighted by Crippen LogP contribution is -2.39. The van der Waals surface area contributed by atoms with Gasteiger partial charge < -0.3 is 9.80 Å². The molecule has 4 nitrogen and oxygen atoms in total. The van der Waals surface area contributed by atoms with Gasteiger partial charge in [-0.25, -0.2) is 0 Å². The average molecular weight is 274 g/mol. The molecule has 0 aliphatic carbocycles. The second kappa shape index (κ2) is 7.08. The number of benzene rings is 1. The smallest absolute Gasteiger partial charge is 0.246 e. The molecule has 2 amide bonds. The predicted molar refractivity (Wildman–Crippen MR) is 79.5 cm³/mol. The van der Waals surface area contributed by atoms with Crippen LogP contribution in [0, 0.1) is 0 Å². The van der Waals surface area contributed by atoms with Gasteiger partial charge in [0.2, 0.25) is 11.8 Å². The van der Waals surface area contributed by atoms with Crippen LogP contribution < -0.4 is 4.90 Å². The summed E-state index contributed by atoms with van der Waals surface area (Å²) in [5.41, 5.74) is 0.917. The van der Waals surface area contributed by atoms with Crippen molar-refractivity contribution in [2.45, 2.75) is 32.6 Å². The highest BCUT2D eigenvalue weighted by Gasteiger charge is 2.25. The fraction of sp³-hybridized carbons (Fsp3) is 0.500. The molecule has 0 atom stereocenters. The van der Waals surface area contributed by atoms with E-state index in [4.69, 9.17) is 0 Å². The molecule has 20 heavy (non-hydrogen) atoms. The van der Waals surface area contributed by atoms with E-state index >= 15 is 0 Å². The summed E-state index contributed by atoms with van der Waals surface area (Å²) in [4.78, 5) is 27.9. The quantitative estimate of drug-likeness (QED) is 0.846. The van der Waals surface area contributed by atoms with Crippen LogP contribution in [0.4, 0.5) is 5.69 Å². The lowest BCUT2D eigenvalue weighted by Gasteiger charge is -2.22. The van der Waals surface area contributed by atoms with Gasteiger partial charge in [0.1, 0.15) is 6.54 Å². The molecule has 1 aliphatic rings. The molecule has 2 rings (SSSR count). The van der Waals surface area contributed by atoms with Gasteiger partial charge in [0.25, 0.3) is 0 Å². The Bertz CT molecular complexity index is 459. The van der Waals surface area contributed by atoms with Crippen LogP contribution in [-0.2, 0) is 9.59 Å². The molecule has 1 aliphatic heterocycles. The maximum atomic E-state index is 12.3. The lowest BCUT2D eigenvalue weighted by atomic mass is 10.2. The SMILES string of the molecule is CCCCC(=O)N1CCCN(c2ccccc2)C(=O)C1. The maximum Gasteiger partial charge on any atom is 0.246 e. The molecular formula is C16H22N2O2. The van der Waals surface area contributed by atoms with E-state index in [1.54, 1.807) is 9.80 Å². The van der Waals surface area contributed by atoms with Crippen molar-refractivity contribution in [3.63, 3.8) is 0 Å². The number of anilines is 1. The van der Waals surface area contributed by atoms with Crippen molar-refractivity contribution in [3.8, 4) is 0 Å². The zero-order chi connectivity index (χ0) is 14.4. The van der Waals surface area contributed by atoms with Crippen LogP contribution in [-0.4, -0.2) is 36.3 Å². The molecule has 0 saturated carbocycles. The highest BCUT2D eigenvalue weighted by Crippen LogP contribution is 2.17. The van der Waals surface area contributed by atoms with Crippen molar-refractivity contribution in [3.05, 3.63) is 30.3 Å². The molecule has 0 unspecified atom stereocenters. The van der Waals surface area contributed by atoms with Crippen molar-refractivity contribution >= 4 is 17.5 Å². The first-order chi connectivity index (χ1) is 9.72. The number of unbranched alkanes of at least 4 members (excludes halogenated alkanes) is 1. The summed E-state index contributed by atoms with van der Waals surface area (Å²) in [5, 5.41) is 0. The third-order valence-corrected chi connectivity index (χ3v) is 3.60. The Hall–Kier alpha value is -1.84. The van der Waals surface area contributed by atoms with Gasteiger partial charge in [-0.1, -0.05) is 31.5 Å². The number of hydrogen-bond donors (Lipinski definition) is 0. The van der Waals surface area contributed by atoms with Crippen molar-refractivity contribution in [1.29, 1.82) is 0 Å². The van der Waals surface area contributed by atoms with Crippen molar-refractivity contribution in [2.75, 3.05) is 24.5 Å². The van der Waals surface area contributed by atoms with Gasteiger partial charge in [-0.15, -0.1) is 0 Å². The first-order valence-corrected chi connectivity index (χ1v) is 7.35. The Balaban J connectivity index is 2.02. The summed E-state index contributed by atoms with van der Waals surface area (Å²) in [6, 6.07) is 9.67. The van der Waals surface area contributed by atoms with E-state index in [1.165, 1.54) is 0 Å². The van der Waals surface area contributed by atoms with Crippen molar-refractivity contribution < 1.29 is 9.59 Å². The first-order valence-electron chi connectivity index (χ1n) is 7.35. The number of hydrogen-bond acceptors (Lipinski definition) is 2. The molecule has 0 bridgehead atoms. The van der Waals surface area contributed by atoms with Gasteiger partial charge in [0.05, 0.1) is 0 Å². The molecule has 0 N–H and O–H groups in total. The molecule has 1 heterocycles. The monoisotopic (exact) mass is 274 g/mol. The third kappa shape index (κ3) is 3.59. The fourth-order valence-corrected chi connectivity index (χ4v) is 2.45. The molecule has 1 aromatic rings. The van der Waals surface area contributed by atoms with Crippen LogP contribution >= 0.6 is 0 Å². The molecule has 0 spiro atoms. The number of rotatable bonds is 4. The Morgan fingerprint density at radius 2 is 1.95 bits per heavy atom. The molecule has 108 valence electrons. The van der Waals surface area contributed by atoms with E-state index in [1.807, 2.05) is 30.3 Å². The average Bonchev–Trinajstić information content (AvgIpc) is 2.67.